The molecule has 1 heterocycles. The van der Waals surface area contributed by atoms with Crippen molar-refractivity contribution in [1.29, 1.82) is 0 Å². The third kappa shape index (κ3) is 5.26. The Hall–Kier alpha value is -2.97. The van der Waals surface area contributed by atoms with Gasteiger partial charge in [-0.2, -0.15) is 4.98 Å². The molecule has 0 spiro atoms. The van der Waals surface area contributed by atoms with Gasteiger partial charge in [0.1, 0.15) is 17.5 Å². The molecule has 2 aromatic rings. The van der Waals surface area contributed by atoms with E-state index in [1.165, 1.54) is 18.1 Å². The van der Waals surface area contributed by atoms with Crippen LogP contribution in [0.5, 0.6) is 0 Å². The highest BCUT2D eigenvalue weighted by Crippen LogP contribution is 2.29. The van der Waals surface area contributed by atoms with Crippen LogP contribution >= 0.6 is 0 Å². The number of hydrogen-bond acceptors (Lipinski definition) is 5. The molecule has 1 aromatic carbocycles. The molecule has 0 unspecified atom stereocenters. The molecule has 0 atom stereocenters. The lowest BCUT2D eigenvalue weighted by Crippen LogP contribution is -2.42. The fourth-order valence-corrected chi connectivity index (χ4v) is 4.51. The monoisotopic (exact) mass is 444 g/mol. The van der Waals surface area contributed by atoms with Gasteiger partial charge in [-0.25, -0.2) is 18.6 Å². The summed E-state index contributed by atoms with van der Waals surface area (Å²) in [7, 11) is 4.03. The van der Waals surface area contributed by atoms with E-state index < -0.39 is 17.7 Å². The highest BCUT2D eigenvalue weighted by molar-refractivity contribution is 5.89. The van der Waals surface area contributed by atoms with Crippen LogP contribution in [0.1, 0.15) is 49.8 Å². The van der Waals surface area contributed by atoms with E-state index in [1.807, 2.05) is 14.1 Å². The Labute approximate surface area is 187 Å². The van der Waals surface area contributed by atoms with Gasteiger partial charge in [0, 0.05) is 37.8 Å². The average molecular weight is 445 g/mol. The van der Waals surface area contributed by atoms with Crippen molar-refractivity contribution in [3.63, 3.8) is 0 Å². The summed E-state index contributed by atoms with van der Waals surface area (Å²) in [5.74, 6) is 0.197. The number of anilines is 3. The number of urea groups is 1. The van der Waals surface area contributed by atoms with Crippen LogP contribution in [-0.2, 0) is 12.8 Å². The van der Waals surface area contributed by atoms with E-state index in [0.717, 1.165) is 68.6 Å². The van der Waals surface area contributed by atoms with Crippen molar-refractivity contribution >= 4 is 23.5 Å². The Bertz CT molecular complexity index is 975. The van der Waals surface area contributed by atoms with E-state index in [1.54, 1.807) is 0 Å². The maximum absolute atomic E-state index is 13.7. The first-order valence-electron chi connectivity index (χ1n) is 11.3. The number of amides is 2. The molecule has 2 aliphatic rings. The zero-order valence-electron chi connectivity index (χ0n) is 18.5. The average Bonchev–Trinajstić information content (AvgIpc) is 2.76. The summed E-state index contributed by atoms with van der Waals surface area (Å²) < 4.78 is 26.7. The number of nitrogens with one attached hydrogen (secondary N) is 3. The van der Waals surface area contributed by atoms with Gasteiger partial charge in [0.15, 0.2) is 0 Å². The first-order chi connectivity index (χ1) is 15.4. The molecule has 7 nitrogen and oxygen atoms in total. The van der Waals surface area contributed by atoms with E-state index >= 15 is 0 Å². The fraction of sp³-hybridized carbons (Fsp3) is 0.522. The molecule has 0 saturated heterocycles. The largest absolute Gasteiger partial charge is 0.362 e. The molecule has 1 saturated carbocycles. The quantitative estimate of drug-likeness (QED) is 0.643. The van der Waals surface area contributed by atoms with Gasteiger partial charge in [-0.15, -0.1) is 0 Å². The minimum atomic E-state index is -0.796. The number of carbonyl (C=O) groups is 1. The molecular formula is C23H30F2N6O. The number of benzene rings is 1. The molecule has 4 rings (SSSR count). The zero-order chi connectivity index (χ0) is 22.7. The molecular weight excluding hydrogens is 414 g/mol. The number of aromatic nitrogens is 2. The zero-order valence-corrected chi connectivity index (χ0v) is 18.5. The second kappa shape index (κ2) is 9.67. The molecule has 2 aliphatic carbocycles. The van der Waals surface area contributed by atoms with Crippen LogP contribution < -0.4 is 20.9 Å². The first kappa shape index (κ1) is 22.2. The summed E-state index contributed by atoms with van der Waals surface area (Å²) in [5, 5.41) is 8.82. The fourth-order valence-electron chi connectivity index (χ4n) is 4.51. The Morgan fingerprint density at radius 3 is 2.47 bits per heavy atom. The maximum atomic E-state index is 13.7. The highest BCUT2D eigenvalue weighted by Gasteiger charge is 2.25. The second-order valence-electron chi connectivity index (χ2n) is 8.81. The summed E-state index contributed by atoms with van der Waals surface area (Å²) in [6, 6.07) is 2.82. The molecule has 32 heavy (non-hydrogen) atoms. The van der Waals surface area contributed by atoms with Gasteiger partial charge < -0.3 is 20.9 Å². The Balaban J connectivity index is 1.30. The van der Waals surface area contributed by atoms with E-state index in [0.29, 0.717) is 5.95 Å². The van der Waals surface area contributed by atoms with Gasteiger partial charge in [-0.05, 0) is 63.5 Å². The number of carbonyl (C=O) groups excluding carboxylic acids is 1. The molecule has 0 aliphatic heterocycles. The van der Waals surface area contributed by atoms with Crippen LogP contribution in [0.2, 0.25) is 0 Å². The Morgan fingerprint density at radius 2 is 1.75 bits per heavy atom. The van der Waals surface area contributed by atoms with E-state index in [9.17, 15) is 13.6 Å². The van der Waals surface area contributed by atoms with Gasteiger partial charge in [0.05, 0.1) is 11.4 Å². The van der Waals surface area contributed by atoms with Crippen molar-refractivity contribution in [3.8, 4) is 0 Å². The molecule has 2 amide bonds. The van der Waals surface area contributed by atoms with Crippen LogP contribution in [0.4, 0.5) is 31.0 Å². The van der Waals surface area contributed by atoms with Crippen LogP contribution in [0, 0.1) is 11.6 Å². The summed E-state index contributed by atoms with van der Waals surface area (Å²) in [6.07, 6.45) is 7.70. The molecule has 9 heteroatoms. The normalized spacial score (nSPS) is 20.2. The molecule has 172 valence electrons. The summed E-state index contributed by atoms with van der Waals surface area (Å²) >= 11 is 0. The minimum absolute atomic E-state index is 0.00153. The topological polar surface area (TPSA) is 82.2 Å². The SMILES string of the molecule is CN(C)c1nc(NC2CCC(NC(=O)Nc3ccc(F)cc3F)CC2)nc2c1CCCC2. The third-order valence-electron chi connectivity index (χ3n) is 6.16. The van der Waals surface area contributed by atoms with Gasteiger partial charge in [-0.1, -0.05) is 0 Å². The molecule has 0 radical (unpaired) electrons. The third-order valence-corrected chi connectivity index (χ3v) is 6.16. The number of halogens is 2. The summed E-state index contributed by atoms with van der Waals surface area (Å²) in [6.45, 7) is 0. The predicted octanol–water partition coefficient (Wildman–Crippen LogP) is 4.24. The number of hydrogen-bond donors (Lipinski definition) is 3. The van der Waals surface area contributed by atoms with Crippen LogP contribution in [-0.4, -0.2) is 42.2 Å². The number of aryl methyl sites for hydroxylation is 1. The second-order valence-corrected chi connectivity index (χ2v) is 8.81. The summed E-state index contributed by atoms with van der Waals surface area (Å²) in [5.41, 5.74) is 2.38. The van der Waals surface area contributed by atoms with Crippen molar-refractivity contribution in [2.24, 2.45) is 0 Å². The predicted molar refractivity (Wildman–Crippen MR) is 121 cm³/mol. The standard InChI is InChI=1S/C23H30F2N6O/c1-31(2)21-17-5-3-4-6-19(17)28-22(30-21)26-15-8-10-16(11-9-15)27-23(32)29-20-12-7-14(24)13-18(20)25/h7,12-13,15-16H,3-6,8-11H2,1-2H3,(H,26,28,30)(H2,27,29,32). The lowest BCUT2D eigenvalue weighted by Gasteiger charge is -2.30. The lowest BCUT2D eigenvalue weighted by atomic mass is 9.91. The molecule has 1 fully saturated rings. The molecule has 0 bridgehead atoms. The van der Waals surface area contributed by atoms with Crippen molar-refractivity contribution in [1.82, 2.24) is 15.3 Å². The van der Waals surface area contributed by atoms with E-state index in [-0.39, 0.29) is 17.8 Å². The molecule has 3 N–H and O–H groups in total. The van der Waals surface area contributed by atoms with E-state index in [2.05, 4.69) is 20.9 Å². The molecule has 1 aromatic heterocycles. The maximum Gasteiger partial charge on any atom is 0.319 e. The summed E-state index contributed by atoms with van der Waals surface area (Å²) in [4.78, 5) is 23.8. The smallest absolute Gasteiger partial charge is 0.319 e. The van der Waals surface area contributed by atoms with Crippen molar-refractivity contribution < 1.29 is 13.6 Å². The van der Waals surface area contributed by atoms with Crippen molar-refractivity contribution in [2.75, 3.05) is 29.6 Å². The van der Waals surface area contributed by atoms with Crippen LogP contribution in [0.15, 0.2) is 18.2 Å². The number of rotatable bonds is 5. The van der Waals surface area contributed by atoms with Crippen LogP contribution in [0.25, 0.3) is 0 Å². The number of fused-ring (bicyclic) bond motifs is 1. The van der Waals surface area contributed by atoms with Gasteiger partial charge in [0.25, 0.3) is 0 Å². The van der Waals surface area contributed by atoms with Gasteiger partial charge >= 0.3 is 6.03 Å². The highest BCUT2D eigenvalue weighted by atomic mass is 19.1. The van der Waals surface area contributed by atoms with Crippen molar-refractivity contribution in [2.45, 2.75) is 63.5 Å². The Kier molecular flexibility index (Phi) is 6.72. The Morgan fingerprint density at radius 1 is 1.03 bits per heavy atom. The minimum Gasteiger partial charge on any atom is -0.362 e. The van der Waals surface area contributed by atoms with Crippen LogP contribution in [0.3, 0.4) is 0 Å². The lowest BCUT2D eigenvalue weighted by molar-refractivity contribution is 0.243. The van der Waals surface area contributed by atoms with E-state index in [4.69, 9.17) is 9.97 Å². The first-order valence-corrected chi connectivity index (χ1v) is 11.3. The van der Waals surface area contributed by atoms with Crippen molar-refractivity contribution in [3.05, 3.63) is 41.1 Å². The van der Waals surface area contributed by atoms with Gasteiger partial charge in [-0.3, -0.25) is 0 Å². The van der Waals surface area contributed by atoms with Gasteiger partial charge in [0.2, 0.25) is 5.95 Å². The number of nitrogens with zero attached hydrogens (tertiary/aromatic N) is 3.